The number of aliphatic hydroxyl groups is 1. The molecule has 2 aliphatic rings. The maximum Gasteiger partial charge on any atom is 0.254 e. The number of rotatable bonds is 3. The maximum atomic E-state index is 12.8. The van der Waals surface area contributed by atoms with E-state index < -0.39 is 5.60 Å². The Morgan fingerprint density at radius 2 is 1.55 bits per heavy atom. The molecule has 1 aliphatic carbocycles. The normalized spacial score (nSPS) is 18.1. The zero-order valence-corrected chi connectivity index (χ0v) is 16.0. The second-order valence-electron chi connectivity index (χ2n) is 7.80. The van der Waals surface area contributed by atoms with Crippen LogP contribution < -0.4 is 0 Å². The molecule has 1 aliphatic heterocycles. The molecule has 2 aromatic heterocycles. The summed E-state index contributed by atoms with van der Waals surface area (Å²) in [6, 6.07) is 11.6. The van der Waals surface area contributed by atoms with E-state index in [0.29, 0.717) is 44.6 Å². The van der Waals surface area contributed by atoms with E-state index in [1.807, 2.05) is 53.2 Å². The van der Waals surface area contributed by atoms with Gasteiger partial charge in [-0.2, -0.15) is 0 Å². The first-order chi connectivity index (χ1) is 14.0. The highest BCUT2D eigenvalue weighted by molar-refractivity contribution is 5.95. The Morgan fingerprint density at radius 3 is 2.24 bits per heavy atom. The fourth-order valence-electron chi connectivity index (χ4n) is 3.82. The third-order valence-corrected chi connectivity index (χ3v) is 5.83. The van der Waals surface area contributed by atoms with Crippen molar-refractivity contribution < 1.29 is 14.7 Å². The van der Waals surface area contributed by atoms with Crippen molar-refractivity contribution in [1.29, 1.82) is 0 Å². The maximum absolute atomic E-state index is 12.8. The van der Waals surface area contributed by atoms with Crippen molar-refractivity contribution in [2.45, 2.75) is 18.4 Å². The molecule has 1 saturated heterocycles. The standard InChI is InChI=1S/C22H22N4O3/c27-20(24-11-13-25(14-12-24)21(28)22(29)7-8-22)17-3-1-16(2-4-17)18-5-6-19-23-9-10-26(19)15-18/h1-6,9-10,15,29H,7-8,11-14H2. The minimum atomic E-state index is -1.14. The zero-order valence-electron chi connectivity index (χ0n) is 16.0. The lowest BCUT2D eigenvalue weighted by atomic mass is 10.0. The Balaban J connectivity index is 1.25. The Kier molecular flexibility index (Phi) is 4.13. The summed E-state index contributed by atoms with van der Waals surface area (Å²) >= 11 is 0. The van der Waals surface area contributed by atoms with E-state index >= 15 is 0 Å². The minimum Gasteiger partial charge on any atom is -0.380 e. The van der Waals surface area contributed by atoms with Crippen LogP contribution in [0.4, 0.5) is 0 Å². The average Bonchev–Trinajstić information content (AvgIpc) is 3.34. The predicted octanol–water partition coefficient (Wildman–Crippen LogP) is 1.81. The number of piperazine rings is 1. The molecule has 2 fully saturated rings. The number of pyridine rings is 1. The van der Waals surface area contributed by atoms with Gasteiger partial charge in [-0.25, -0.2) is 4.98 Å². The van der Waals surface area contributed by atoms with E-state index in [4.69, 9.17) is 0 Å². The molecule has 1 aromatic carbocycles. The molecule has 7 nitrogen and oxygen atoms in total. The molecule has 0 radical (unpaired) electrons. The number of carbonyl (C=O) groups is 2. The van der Waals surface area contributed by atoms with Gasteiger partial charge in [0.25, 0.3) is 11.8 Å². The first-order valence-electron chi connectivity index (χ1n) is 9.88. The van der Waals surface area contributed by atoms with Crippen LogP contribution in [-0.4, -0.2) is 67.9 Å². The summed E-state index contributed by atoms with van der Waals surface area (Å²) in [5.41, 5.74) is 2.48. The van der Waals surface area contributed by atoms with Crippen LogP contribution >= 0.6 is 0 Å². The molecule has 0 atom stereocenters. The van der Waals surface area contributed by atoms with Gasteiger partial charge in [-0.05, 0) is 48.2 Å². The Bertz CT molecular complexity index is 1080. The van der Waals surface area contributed by atoms with Crippen molar-refractivity contribution in [3.8, 4) is 11.1 Å². The Hall–Kier alpha value is -3.19. The van der Waals surface area contributed by atoms with Crippen LogP contribution in [0.1, 0.15) is 23.2 Å². The number of amides is 2. The molecule has 7 heteroatoms. The number of aromatic nitrogens is 2. The van der Waals surface area contributed by atoms with E-state index in [2.05, 4.69) is 4.98 Å². The summed E-state index contributed by atoms with van der Waals surface area (Å²) in [6.45, 7) is 1.91. The number of hydrogen-bond donors (Lipinski definition) is 1. The van der Waals surface area contributed by atoms with E-state index in [1.165, 1.54) is 0 Å². The summed E-state index contributed by atoms with van der Waals surface area (Å²) in [7, 11) is 0. The summed E-state index contributed by atoms with van der Waals surface area (Å²) in [4.78, 5) is 32.8. The van der Waals surface area contributed by atoms with E-state index in [-0.39, 0.29) is 11.8 Å². The molecular weight excluding hydrogens is 368 g/mol. The van der Waals surface area contributed by atoms with E-state index in [0.717, 1.165) is 16.8 Å². The van der Waals surface area contributed by atoms with Crippen molar-refractivity contribution in [2.24, 2.45) is 0 Å². The molecule has 0 unspecified atom stereocenters. The van der Waals surface area contributed by atoms with E-state index in [1.54, 1.807) is 16.0 Å². The van der Waals surface area contributed by atoms with Crippen molar-refractivity contribution >= 4 is 17.5 Å². The van der Waals surface area contributed by atoms with E-state index in [9.17, 15) is 14.7 Å². The summed E-state index contributed by atoms with van der Waals surface area (Å²) in [6.07, 6.45) is 6.78. The monoisotopic (exact) mass is 390 g/mol. The topological polar surface area (TPSA) is 78.2 Å². The van der Waals surface area contributed by atoms with Gasteiger partial charge in [0, 0.05) is 50.3 Å². The van der Waals surface area contributed by atoms with Gasteiger partial charge in [-0.15, -0.1) is 0 Å². The lowest BCUT2D eigenvalue weighted by Crippen LogP contribution is -2.53. The van der Waals surface area contributed by atoms with Gasteiger partial charge >= 0.3 is 0 Å². The van der Waals surface area contributed by atoms with Crippen LogP contribution in [0.2, 0.25) is 0 Å². The van der Waals surface area contributed by atoms with Gasteiger partial charge in [0.1, 0.15) is 11.2 Å². The lowest BCUT2D eigenvalue weighted by Gasteiger charge is -2.35. The van der Waals surface area contributed by atoms with Crippen LogP contribution in [0, 0.1) is 0 Å². The van der Waals surface area contributed by atoms with Gasteiger partial charge in [0.05, 0.1) is 0 Å². The highest BCUT2D eigenvalue weighted by Gasteiger charge is 2.50. The predicted molar refractivity (Wildman–Crippen MR) is 107 cm³/mol. The molecule has 3 heterocycles. The fraction of sp³-hybridized carbons (Fsp3) is 0.318. The molecule has 3 aromatic rings. The lowest BCUT2D eigenvalue weighted by molar-refractivity contribution is -0.143. The van der Waals surface area contributed by atoms with Gasteiger partial charge in [0.15, 0.2) is 0 Å². The minimum absolute atomic E-state index is 0.0288. The van der Waals surface area contributed by atoms with Crippen LogP contribution in [0.5, 0.6) is 0 Å². The van der Waals surface area contributed by atoms with Crippen LogP contribution in [-0.2, 0) is 4.79 Å². The number of carbonyl (C=O) groups excluding carboxylic acids is 2. The molecule has 1 saturated carbocycles. The molecule has 1 N–H and O–H groups in total. The van der Waals surface area contributed by atoms with Gasteiger partial charge in [-0.1, -0.05) is 12.1 Å². The molecule has 5 rings (SSSR count). The molecule has 148 valence electrons. The Labute approximate surface area is 168 Å². The third kappa shape index (κ3) is 3.27. The highest BCUT2D eigenvalue weighted by Crippen LogP contribution is 2.37. The van der Waals surface area contributed by atoms with Gasteiger partial charge < -0.3 is 19.3 Å². The number of nitrogens with zero attached hydrogens (tertiary/aromatic N) is 4. The second kappa shape index (κ2) is 6.70. The first-order valence-corrected chi connectivity index (χ1v) is 9.88. The largest absolute Gasteiger partial charge is 0.380 e. The van der Waals surface area contributed by atoms with Crippen molar-refractivity contribution in [2.75, 3.05) is 26.2 Å². The van der Waals surface area contributed by atoms with Crippen molar-refractivity contribution in [3.05, 3.63) is 60.6 Å². The third-order valence-electron chi connectivity index (χ3n) is 5.83. The van der Waals surface area contributed by atoms with Crippen LogP contribution in [0.3, 0.4) is 0 Å². The smallest absolute Gasteiger partial charge is 0.254 e. The average molecular weight is 390 g/mol. The van der Waals surface area contributed by atoms with Gasteiger partial charge in [0.2, 0.25) is 0 Å². The zero-order chi connectivity index (χ0) is 20.0. The van der Waals surface area contributed by atoms with Crippen molar-refractivity contribution in [3.63, 3.8) is 0 Å². The SMILES string of the molecule is O=C(c1ccc(-c2ccc3nccn3c2)cc1)N1CCN(C(=O)C2(O)CC2)CC1. The summed E-state index contributed by atoms with van der Waals surface area (Å²) in [5, 5.41) is 9.99. The number of imidazole rings is 1. The Morgan fingerprint density at radius 1 is 0.897 bits per heavy atom. The number of fused-ring (bicyclic) bond motifs is 1. The van der Waals surface area contributed by atoms with Crippen LogP contribution in [0.25, 0.3) is 16.8 Å². The molecule has 29 heavy (non-hydrogen) atoms. The van der Waals surface area contributed by atoms with Gasteiger partial charge in [-0.3, -0.25) is 9.59 Å². The second-order valence-corrected chi connectivity index (χ2v) is 7.80. The molecule has 2 amide bonds. The highest BCUT2D eigenvalue weighted by atomic mass is 16.3. The molecular formula is C22H22N4O3. The summed E-state index contributed by atoms with van der Waals surface area (Å²) in [5.74, 6) is -0.220. The van der Waals surface area contributed by atoms with Crippen LogP contribution in [0.15, 0.2) is 55.0 Å². The molecule has 0 spiro atoms. The quantitative estimate of drug-likeness (QED) is 0.740. The first kappa shape index (κ1) is 17.9. The van der Waals surface area contributed by atoms with Crippen molar-refractivity contribution in [1.82, 2.24) is 19.2 Å². The fourth-order valence-corrected chi connectivity index (χ4v) is 3.82. The molecule has 0 bridgehead atoms. The number of hydrogen-bond acceptors (Lipinski definition) is 4. The number of benzene rings is 1. The summed E-state index contributed by atoms with van der Waals surface area (Å²) < 4.78 is 1.97.